The van der Waals surface area contributed by atoms with Gasteiger partial charge in [-0.3, -0.25) is 0 Å². The van der Waals surface area contributed by atoms with Crippen molar-refractivity contribution in [2.75, 3.05) is 7.05 Å². The van der Waals surface area contributed by atoms with Crippen molar-refractivity contribution in [3.8, 4) is 0 Å². The largest absolute Gasteiger partial charge is 0.772 e. The van der Waals surface area contributed by atoms with Crippen LogP contribution in [-0.4, -0.2) is 23.4 Å². The first-order chi connectivity index (χ1) is 3.55. The van der Waals surface area contributed by atoms with E-state index in [0.717, 1.165) is 5.12 Å². The Hall–Kier alpha value is -0.160. The summed E-state index contributed by atoms with van der Waals surface area (Å²) in [6, 6.07) is -0.141. The van der Waals surface area contributed by atoms with E-state index in [1.807, 2.05) is 0 Å². The molecule has 0 heterocycles. The van der Waals surface area contributed by atoms with Crippen LogP contribution in [0.5, 0.6) is 0 Å². The zero-order valence-corrected chi connectivity index (χ0v) is 5.38. The fraction of sp³-hybridized carbons (Fsp3) is 1.00. The zero-order valence-electron chi connectivity index (χ0n) is 5.38. The van der Waals surface area contributed by atoms with Gasteiger partial charge in [-0.25, -0.2) is 0 Å². The minimum absolute atomic E-state index is 0.141. The molecule has 0 saturated heterocycles. The average molecular weight is 117 g/mol. The van der Waals surface area contributed by atoms with E-state index in [-0.39, 0.29) is 6.04 Å². The van der Waals surface area contributed by atoms with Gasteiger partial charge in [-0.05, 0) is 20.9 Å². The van der Waals surface area contributed by atoms with E-state index in [9.17, 15) is 5.21 Å². The Morgan fingerprint density at radius 1 is 1.50 bits per heavy atom. The van der Waals surface area contributed by atoms with Crippen molar-refractivity contribution in [1.29, 1.82) is 0 Å². The van der Waals surface area contributed by atoms with Gasteiger partial charge < -0.3 is 21.3 Å². The molecule has 1 N–H and O–H groups in total. The normalized spacial score (nSPS) is 12.0. The Labute approximate surface area is 49.4 Å². The van der Waals surface area contributed by atoms with Crippen LogP contribution in [0.1, 0.15) is 13.8 Å². The smallest absolute Gasteiger partial charge is 0.00377 e. The van der Waals surface area contributed by atoms with Gasteiger partial charge >= 0.3 is 0 Å². The van der Waals surface area contributed by atoms with Crippen molar-refractivity contribution in [3.63, 3.8) is 0 Å². The van der Waals surface area contributed by atoms with Crippen molar-refractivity contribution < 1.29 is 0 Å². The van der Waals surface area contributed by atoms with E-state index >= 15 is 0 Å². The summed E-state index contributed by atoms with van der Waals surface area (Å²) < 4.78 is 0. The van der Waals surface area contributed by atoms with Crippen molar-refractivity contribution in [2.45, 2.75) is 19.9 Å². The highest BCUT2D eigenvalue weighted by Crippen LogP contribution is 1.96. The van der Waals surface area contributed by atoms with Gasteiger partial charge in [0.15, 0.2) is 0 Å². The molecule has 0 amide bonds. The number of rotatable bonds is 2. The second-order valence-electron chi connectivity index (χ2n) is 1.92. The average Bonchev–Trinajstić information content (AvgIpc) is 1.64. The highest BCUT2D eigenvalue weighted by Gasteiger charge is 1.91. The highest BCUT2D eigenvalue weighted by molar-refractivity contribution is 4.57. The first kappa shape index (κ1) is 7.84. The molecule has 0 aromatic heterocycles. The van der Waals surface area contributed by atoms with Crippen LogP contribution >= 0.6 is 0 Å². The molecule has 0 fully saturated rings. The summed E-state index contributed by atoms with van der Waals surface area (Å²) in [5.41, 5.74) is 0. The summed E-state index contributed by atoms with van der Waals surface area (Å²) in [6.07, 6.45) is 0. The van der Waals surface area contributed by atoms with Crippen molar-refractivity contribution >= 4 is 0 Å². The summed E-state index contributed by atoms with van der Waals surface area (Å²) in [4.78, 5) is 0. The van der Waals surface area contributed by atoms with E-state index in [0.29, 0.717) is 5.17 Å². The summed E-state index contributed by atoms with van der Waals surface area (Å²) in [5.74, 6) is 6.76. The molecule has 0 bridgehead atoms. The van der Waals surface area contributed by atoms with Gasteiger partial charge in [-0.2, -0.15) is 0 Å². The zero-order chi connectivity index (χ0) is 6.73. The minimum atomic E-state index is -0.141. The molecule has 0 atom stereocenters. The van der Waals surface area contributed by atoms with Crippen molar-refractivity contribution in [3.05, 3.63) is 11.0 Å². The molecule has 0 rings (SSSR count). The number of hydroxylamine groups is 1. The molecule has 4 nitrogen and oxygen atoms in total. The molecule has 0 aromatic rings. The Morgan fingerprint density at radius 2 is 1.88 bits per heavy atom. The van der Waals surface area contributed by atoms with Crippen LogP contribution in [0, 0.1) is 5.21 Å². The van der Waals surface area contributed by atoms with E-state index in [4.69, 9.17) is 5.84 Å². The van der Waals surface area contributed by atoms with Crippen LogP contribution in [-0.2, 0) is 0 Å². The molecule has 0 unspecified atom stereocenters. The Morgan fingerprint density at radius 3 is 1.88 bits per heavy atom. The van der Waals surface area contributed by atoms with Crippen LogP contribution in [0.3, 0.4) is 0 Å². The molecule has 0 aromatic carbocycles. The topological polar surface area (TPSA) is 53.3 Å². The van der Waals surface area contributed by atoms with Crippen LogP contribution in [0.25, 0.3) is 5.84 Å². The van der Waals surface area contributed by atoms with Crippen LogP contribution in [0.15, 0.2) is 0 Å². The first-order valence-corrected chi connectivity index (χ1v) is 2.47. The van der Waals surface area contributed by atoms with Crippen LogP contribution in [0.4, 0.5) is 0 Å². The lowest BCUT2D eigenvalue weighted by molar-refractivity contribution is 0.0736. The van der Waals surface area contributed by atoms with Gasteiger partial charge in [-0.15, -0.1) is 0 Å². The van der Waals surface area contributed by atoms with Gasteiger partial charge in [0.05, 0.1) is 0 Å². The SMILES string of the molecule is CC(C)N([O-])N(C)[NH-]. The summed E-state index contributed by atoms with van der Waals surface area (Å²) in [7, 11) is 1.40. The fourth-order valence-corrected chi connectivity index (χ4v) is 0.346. The number of hydrazine groups is 1. The third-order valence-electron chi connectivity index (χ3n) is 0.737. The third-order valence-corrected chi connectivity index (χ3v) is 0.737. The standard InChI is InChI=1S/C4H11N3O/c1-4(2)7(8)6(3)5/h4-5H,1-3H3/q-2. The predicted molar refractivity (Wildman–Crippen MR) is 32.4 cm³/mol. The monoisotopic (exact) mass is 117 g/mol. The second kappa shape index (κ2) is 2.99. The van der Waals surface area contributed by atoms with E-state index < -0.39 is 0 Å². The van der Waals surface area contributed by atoms with Gasteiger partial charge in [0.1, 0.15) is 0 Å². The minimum Gasteiger partial charge on any atom is -0.772 e. The van der Waals surface area contributed by atoms with Gasteiger partial charge in [0.2, 0.25) is 0 Å². The molecule has 8 heavy (non-hydrogen) atoms. The van der Waals surface area contributed by atoms with Crippen molar-refractivity contribution in [2.24, 2.45) is 0 Å². The molecular formula is C4H11N3O-2. The lowest BCUT2D eigenvalue weighted by Gasteiger charge is -2.44. The molecule has 50 valence electrons. The third kappa shape index (κ3) is 2.23. The van der Waals surface area contributed by atoms with Gasteiger partial charge in [0, 0.05) is 6.04 Å². The summed E-state index contributed by atoms with van der Waals surface area (Å²) in [5, 5.41) is 11.8. The molecule has 0 spiro atoms. The number of nitrogens with one attached hydrogen (secondary N) is 1. The predicted octanol–water partition coefficient (Wildman–Crippen LogP) is 1.01. The highest BCUT2D eigenvalue weighted by atomic mass is 16.6. The Bertz CT molecular complexity index is 56.3. The molecule has 0 aliphatic heterocycles. The lowest BCUT2D eigenvalue weighted by atomic mass is 10.4. The lowest BCUT2D eigenvalue weighted by Crippen LogP contribution is -2.34. The number of hydrogen-bond acceptors (Lipinski definition) is 3. The molecule has 4 heteroatoms. The number of hydrogen-bond donors (Lipinski definition) is 0. The van der Waals surface area contributed by atoms with Gasteiger partial charge in [0.25, 0.3) is 0 Å². The maximum atomic E-state index is 10.5. The fourth-order valence-electron chi connectivity index (χ4n) is 0.346. The summed E-state index contributed by atoms with van der Waals surface area (Å²) >= 11 is 0. The maximum absolute atomic E-state index is 10.5. The molecule has 0 aliphatic carbocycles. The van der Waals surface area contributed by atoms with Crippen LogP contribution < -0.4 is 0 Å². The molecule has 0 radical (unpaired) electrons. The first-order valence-electron chi connectivity index (χ1n) is 2.47. The maximum Gasteiger partial charge on any atom is 0.00377 e. The Balaban J connectivity index is 3.46. The quantitative estimate of drug-likeness (QED) is 0.507. The summed E-state index contributed by atoms with van der Waals surface area (Å²) in [6.45, 7) is 3.47. The second-order valence-corrected chi connectivity index (χ2v) is 1.92. The van der Waals surface area contributed by atoms with E-state index in [1.54, 1.807) is 13.8 Å². The van der Waals surface area contributed by atoms with Crippen molar-refractivity contribution in [1.82, 2.24) is 10.3 Å². The van der Waals surface area contributed by atoms with E-state index in [1.165, 1.54) is 7.05 Å². The molecular weight excluding hydrogens is 106 g/mol. The number of nitrogens with zero attached hydrogens (tertiary/aromatic N) is 2. The van der Waals surface area contributed by atoms with Gasteiger partial charge in [-0.1, -0.05) is 0 Å². The Kier molecular flexibility index (Phi) is 2.93. The van der Waals surface area contributed by atoms with E-state index in [2.05, 4.69) is 0 Å². The molecule has 0 aliphatic rings. The van der Waals surface area contributed by atoms with Crippen LogP contribution in [0.2, 0.25) is 0 Å². The molecule has 0 saturated carbocycles.